The Bertz CT molecular complexity index is 655. The third-order valence-corrected chi connectivity index (χ3v) is 3.73. The number of pyridine rings is 1. The molecule has 0 saturated heterocycles. The molecule has 0 aromatic carbocycles. The zero-order chi connectivity index (χ0) is 11.3. The molecule has 16 heavy (non-hydrogen) atoms. The fourth-order valence-electron chi connectivity index (χ4n) is 2.04. The molecule has 3 heteroatoms. The summed E-state index contributed by atoms with van der Waals surface area (Å²) in [7, 11) is 0. The maximum Gasteiger partial charge on any atom is 0.137 e. The molecule has 0 spiro atoms. The first kappa shape index (κ1) is 9.85. The Labute approximate surface area is 98.6 Å². The number of imidazole rings is 1. The van der Waals surface area contributed by atoms with Crippen LogP contribution in [0.1, 0.15) is 26.5 Å². The largest absolute Gasteiger partial charge is 0.295 e. The molecule has 0 amide bonds. The van der Waals surface area contributed by atoms with Gasteiger partial charge in [0.2, 0.25) is 0 Å². The molecule has 0 aliphatic rings. The van der Waals surface area contributed by atoms with Gasteiger partial charge in [-0.3, -0.25) is 4.40 Å². The van der Waals surface area contributed by atoms with Crippen molar-refractivity contribution in [1.29, 1.82) is 0 Å². The molecule has 2 nitrogen and oxygen atoms in total. The van der Waals surface area contributed by atoms with E-state index in [0.717, 1.165) is 5.65 Å². The fraction of sp³-hybridized carbons (Fsp3) is 0.308. The van der Waals surface area contributed by atoms with Crippen LogP contribution in [0.3, 0.4) is 0 Å². The monoisotopic (exact) mass is 230 g/mol. The van der Waals surface area contributed by atoms with Gasteiger partial charge >= 0.3 is 0 Å². The molecule has 3 aromatic rings. The number of nitrogens with zero attached hydrogens (tertiary/aromatic N) is 2. The van der Waals surface area contributed by atoms with Crippen molar-refractivity contribution in [3.63, 3.8) is 0 Å². The molecule has 0 N–H and O–H groups in total. The first-order chi connectivity index (χ1) is 7.57. The Morgan fingerprint density at radius 2 is 2.00 bits per heavy atom. The van der Waals surface area contributed by atoms with Crippen LogP contribution in [0, 0.1) is 0 Å². The summed E-state index contributed by atoms with van der Waals surface area (Å²) >= 11 is 1.78. The van der Waals surface area contributed by atoms with E-state index in [0.29, 0.717) is 0 Å². The van der Waals surface area contributed by atoms with Gasteiger partial charge in [0, 0.05) is 17.3 Å². The predicted octanol–water partition coefficient (Wildman–Crippen LogP) is 3.85. The Morgan fingerprint density at radius 1 is 1.19 bits per heavy atom. The van der Waals surface area contributed by atoms with Gasteiger partial charge in [-0.05, 0) is 23.6 Å². The van der Waals surface area contributed by atoms with Gasteiger partial charge in [0.05, 0.1) is 10.2 Å². The zero-order valence-corrected chi connectivity index (χ0v) is 10.5. The lowest BCUT2D eigenvalue weighted by Crippen LogP contribution is -2.14. The molecular weight excluding hydrogens is 216 g/mol. The number of rotatable bonds is 0. The van der Waals surface area contributed by atoms with E-state index >= 15 is 0 Å². The van der Waals surface area contributed by atoms with Crippen molar-refractivity contribution >= 4 is 27.2 Å². The van der Waals surface area contributed by atoms with E-state index < -0.39 is 0 Å². The third-order valence-electron chi connectivity index (χ3n) is 2.86. The summed E-state index contributed by atoms with van der Waals surface area (Å²) in [6.45, 7) is 6.67. The molecule has 0 aliphatic carbocycles. The highest BCUT2D eigenvalue weighted by molar-refractivity contribution is 7.17. The summed E-state index contributed by atoms with van der Waals surface area (Å²) < 4.78 is 3.59. The minimum Gasteiger partial charge on any atom is -0.295 e. The smallest absolute Gasteiger partial charge is 0.137 e. The van der Waals surface area contributed by atoms with Crippen LogP contribution >= 0.6 is 11.3 Å². The van der Waals surface area contributed by atoms with Gasteiger partial charge in [0.15, 0.2) is 0 Å². The van der Waals surface area contributed by atoms with Crippen LogP contribution in [-0.2, 0) is 5.41 Å². The molecule has 0 bridgehead atoms. The molecule has 0 aliphatic heterocycles. The summed E-state index contributed by atoms with van der Waals surface area (Å²) in [6, 6.07) is 6.41. The highest BCUT2D eigenvalue weighted by Crippen LogP contribution is 2.28. The van der Waals surface area contributed by atoms with Gasteiger partial charge in [0.25, 0.3) is 0 Å². The SMILES string of the molecule is CC(C)(C)c1cnc2ccc3sccc3n12. The number of hydrogen-bond acceptors (Lipinski definition) is 2. The first-order valence-electron chi connectivity index (χ1n) is 5.41. The maximum absolute atomic E-state index is 4.48. The molecule has 3 rings (SSSR count). The standard InChI is InChI=1S/C13H14N2S/c1-13(2,3)11-8-14-12-5-4-10-9(15(11)12)6-7-16-10/h4-8H,1-3H3. The lowest BCUT2D eigenvalue weighted by Gasteiger charge is -2.18. The second-order valence-corrected chi connectivity index (χ2v) is 6.04. The summed E-state index contributed by atoms with van der Waals surface area (Å²) in [5.41, 5.74) is 3.70. The van der Waals surface area contributed by atoms with Gasteiger partial charge in [-0.25, -0.2) is 4.98 Å². The van der Waals surface area contributed by atoms with Crippen LogP contribution < -0.4 is 0 Å². The molecule has 3 heterocycles. The average molecular weight is 230 g/mol. The minimum absolute atomic E-state index is 0.121. The van der Waals surface area contributed by atoms with Crippen LogP contribution in [0.2, 0.25) is 0 Å². The van der Waals surface area contributed by atoms with Crippen LogP contribution in [0.5, 0.6) is 0 Å². The van der Waals surface area contributed by atoms with E-state index in [1.807, 2.05) is 6.20 Å². The summed E-state index contributed by atoms with van der Waals surface area (Å²) in [5.74, 6) is 0. The lowest BCUT2D eigenvalue weighted by atomic mass is 9.93. The predicted molar refractivity (Wildman–Crippen MR) is 69.3 cm³/mol. The van der Waals surface area contributed by atoms with Crippen molar-refractivity contribution in [3.8, 4) is 0 Å². The van der Waals surface area contributed by atoms with Gasteiger partial charge in [-0.15, -0.1) is 11.3 Å². The summed E-state index contributed by atoms with van der Waals surface area (Å²) in [6.07, 6.45) is 1.99. The quantitative estimate of drug-likeness (QED) is 0.573. The van der Waals surface area contributed by atoms with Crippen molar-refractivity contribution in [2.24, 2.45) is 0 Å². The highest BCUT2D eigenvalue weighted by Gasteiger charge is 2.19. The normalized spacial score (nSPS) is 12.7. The van der Waals surface area contributed by atoms with Crippen LogP contribution in [-0.4, -0.2) is 9.38 Å². The van der Waals surface area contributed by atoms with Crippen molar-refractivity contribution in [3.05, 3.63) is 35.5 Å². The fourth-order valence-corrected chi connectivity index (χ4v) is 2.81. The third kappa shape index (κ3) is 1.28. The van der Waals surface area contributed by atoms with Crippen LogP contribution in [0.4, 0.5) is 0 Å². The summed E-state index contributed by atoms with van der Waals surface area (Å²) in [5, 5.41) is 2.14. The van der Waals surface area contributed by atoms with Crippen LogP contribution in [0.25, 0.3) is 15.9 Å². The molecule has 0 radical (unpaired) electrons. The Hall–Kier alpha value is -1.35. The molecule has 0 atom stereocenters. The second kappa shape index (κ2) is 3.08. The first-order valence-corrected chi connectivity index (χ1v) is 6.29. The zero-order valence-electron chi connectivity index (χ0n) is 9.69. The van der Waals surface area contributed by atoms with Gasteiger partial charge in [0.1, 0.15) is 5.65 Å². The van der Waals surface area contributed by atoms with Crippen molar-refractivity contribution in [2.75, 3.05) is 0 Å². The minimum atomic E-state index is 0.121. The van der Waals surface area contributed by atoms with Crippen molar-refractivity contribution in [2.45, 2.75) is 26.2 Å². The van der Waals surface area contributed by atoms with E-state index in [2.05, 4.69) is 53.7 Å². The van der Waals surface area contributed by atoms with Crippen molar-refractivity contribution in [1.82, 2.24) is 9.38 Å². The number of hydrogen-bond donors (Lipinski definition) is 0. The Morgan fingerprint density at radius 3 is 2.75 bits per heavy atom. The molecule has 0 fully saturated rings. The van der Waals surface area contributed by atoms with Crippen LogP contribution in [0.15, 0.2) is 29.8 Å². The summed E-state index contributed by atoms with van der Waals surface area (Å²) in [4.78, 5) is 4.48. The Balaban J connectivity index is 2.51. The number of thiophene rings is 1. The van der Waals surface area contributed by atoms with Gasteiger partial charge < -0.3 is 0 Å². The van der Waals surface area contributed by atoms with E-state index in [4.69, 9.17) is 0 Å². The highest BCUT2D eigenvalue weighted by atomic mass is 32.1. The lowest BCUT2D eigenvalue weighted by molar-refractivity contribution is 0.566. The van der Waals surface area contributed by atoms with Crippen molar-refractivity contribution < 1.29 is 0 Å². The molecule has 82 valence electrons. The van der Waals surface area contributed by atoms with E-state index in [1.54, 1.807) is 11.3 Å². The van der Waals surface area contributed by atoms with E-state index in [-0.39, 0.29) is 5.41 Å². The van der Waals surface area contributed by atoms with E-state index in [1.165, 1.54) is 15.9 Å². The topological polar surface area (TPSA) is 17.3 Å². The second-order valence-electron chi connectivity index (χ2n) is 5.09. The maximum atomic E-state index is 4.48. The average Bonchev–Trinajstić information content (AvgIpc) is 2.81. The van der Waals surface area contributed by atoms with E-state index in [9.17, 15) is 0 Å². The van der Waals surface area contributed by atoms with Gasteiger partial charge in [-0.2, -0.15) is 0 Å². The van der Waals surface area contributed by atoms with Gasteiger partial charge in [-0.1, -0.05) is 20.8 Å². The molecular formula is C13H14N2S. The molecule has 0 unspecified atom stereocenters. The number of fused-ring (bicyclic) bond motifs is 3. The number of aromatic nitrogens is 2. The Kier molecular flexibility index (Phi) is 1.89. The molecule has 0 saturated carbocycles. The molecule has 3 aromatic heterocycles.